The molecule has 0 aliphatic carbocycles. The normalized spacial score (nSPS) is 17.8. The third kappa shape index (κ3) is 1.96. The second-order valence-electron chi connectivity index (χ2n) is 4.52. The van der Waals surface area contributed by atoms with E-state index in [9.17, 15) is 4.79 Å². The van der Waals surface area contributed by atoms with Crippen molar-refractivity contribution in [2.75, 3.05) is 11.9 Å². The number of nitrogens with zero attached hydrogens (tertiary/aromatic N) is 4. The fourth-order valence-electron chi connectivity index (χ4n) is 2.38. The first-order chi connectivity index (χ1) is 9.19. The Labute approximate surface area is 109 Å². The van der Waals surface area contributed by atoms with Crippen molar-refractivity contribution in [3.63, 3.8) is 0 Å². The molecule has 1 aliphatic rings. The predicted molar refractivity (Wildman–Crippen MR) is 68.3 cm³/mol. The highest BCUT2D eigenvalue weighted by Gasteiger charge is 2.25. The summed E-state index contributed by atoms with van der Waals surface area (Å²) < 4.78 is 3.75. The quantitative estimate of drug-likeness (QED) is 0.867. The Kier molecular flexibility index (Phi) is 2.73. The minimum Gasteiger partial charge on any atom is -0.476 e. The van der Waals surface area contributed by atoms with Gasteiger partial charge in [-0.05, 0) is 13.3 Å². The van der Waals surface area contributed by atoms with Crippen molar-refractivity contribution in [3.8, 4) is 0 Å². The van der Waals surface area contributed by atoms with Gasteiger partial charge in [0.25, 0.3) is 0 Å². The lowest BCUT2D eigenvalue weighted by atomic mass is 10.1. The zero-order valence-electron chi connectivity index (χ0n) is 10.6. The molecular weight excluding hydrogens is 246 g/mol. The molecular formula is C12H15N5O2. The van der Waals surface area contributed by atoms with E-state index in [1.165, 1.54) is 0 Å². The van der Waals surface area contributed by atoms with Crippen molar-refractivity contribution < 1.29 is 9.90 Å². The second-order valence-corrected chi connectivity index (χ2v) is 4.52. The monoisotopic (exact) mass is 261 g/mol. The Morgan fingerprint density at radius 1 is 1.58 bits per heavy atom. The third-order valence-electron chi connectivity index (χ3n) is 3.35. The van der Waals surface area contributed by atoms with Gasteiger partial charge in [0.2, 0.25) is 5.95 Å². The number of carboxylic acid groups (broad SMARTS) is 1. The number of hydrogen-bond donors (Lipinski definition) is 2. The number of fused-ring (bicyclic) bond motifs is 1. The van der Waals surface area contributed by atoms with E-state index < -0.39 is 5.97 Å². The van der Waals surface area contributed by atoms with Crippen molar-refractivity contribution >= 4 is 11.9 Å². The highest BCUT2D eigenvalue weighted by molar-refractivity contribution is 5.85. The molecule has 0 saturated carbocycles. The molecule has 100 valence electrons. The molecule has 0 saturated heterocycles. The summed E-state index contributed by atoms with van der Waals surface area (Å²) in [5.41, 5.74) is 1.15. The van der Waals surface area contributed by atoms with Crippen LogP contribution in [0.4, 0.5) is 5.95 Å². The molecule has 19 heavy (non-hydrogen) atoms. The first-order valence-corrected chi connectivity index (χ1v) is 6.27. The molecule has 0 spiro atoms. The first-order valence-electron chi connectivity index (χ1n) is 6.27. The third-order valence-corrected chi connectivity index (χ3v) is 3.35. The van der Waals surface area contributed by atoms with Crippen molar-refractivity contribution in [1.29, 1.82) is 0 Å². The van der Waals surface area contributed by atoms with E-state index in [4.69, 9.17) is 5.11 Å². The van der Waals surface area contributed by atoms with Gasteiger partial charge in [0.1, 0.15) is 0 Å². The average molecular weight is 261 g/mol. The maximum atomic E-state index is 11.0. The lowest BCUT2D eigenvalue weighted by Gasteiger charge is -2.25. The minimum atomic E-state index is -1.01. The molecule has 7 heteroatoms. The lowest BCUT2D eigenvalue weighted by molar-refractivity contribution is 0.0691. The number of aromatic carboxylic acids is 1. The van der Waals surface area contributed by atoms with Gasteiger partial charge in [0.15, 0.2) is 5.69 Å². The SMILES string of the molecule is CCn1cc(C2CCNc3nc(C(=O)O)cn32)cn1. The predicted octanol–water partition coefficient (Wildman–Crippen LogP) is 1.20. The second kappa shape index (κ2) is 4.42. The van der Waals surface area contributed by atoms with Gasteiger partial charge >= 0.3 is 5.97 Å². The summed E-state index contributed by atoms with van der Waals surface area (Å²) >= 11 is 0. The number of imidazole rings is 1. The van der Waals surface area contributed by atoms with Crippen LogP contribution in [0.1, 0.15) is 35.4 Å². The molecule has 2 aromatic rings. The maximum Gasteiger partial charge on any atom is 0.356 e. The highest BCUT2D eigenvalue weighted by atomic mass is 16.4. The van der Waals surface area contributed by atoms with Crippen LogP contribution in [0.25, 0.3) is 0 Å². The smallest absolute Gasteiger partial charge is 0.356 e. The Morgan fingerprint density at radius 3 is 3.11 bits per heavy atom. The van der Waals surface area contributed by atoms with Crippen molar-refractivity contribution in [1.82, 2.24) is 19.3 Å². The van der Waals surface area contributed by atoms with Crippen LogP contribution in [-0.2, 0) is 6.54 Å². The topological polar surface area (TPSA) is 85.0 Å². The van der Waals surface area contributed by atoms with Crippen LogP contribution in [0.15, 0.2) is 18.6 Å². The van der Waals surface area contributed by atoms with Crippen LogP contribution in [0, 0.1) is 0 Å². The van der Waals surface area contributed by atoms with Crippen LogP contribution in [0.5, 0.6) is 0 Å². The van der Waals surface area contributed by atoms with Gasteiger partial charge in [-0.15, -0.1) is 0 Å². The standard InChI is InChI=1S/C12H15N5O2/c1-2-16-6-8(5-14-16)10-3-4-13-12-15-9(11(18)19)7-17(10)12/h5-7,10H,2-4H2,1H3,(H,13,15)(H,18,19). The molecule has 2 aromatic heterocycles. The number of aryl methyl sites for hydroxylation is 1. The van der Waals surface area contributed by atoms with Gasteiger partial charge in [-0.1, -0.05) is 0 Å². The number of nitrogens with one attached hydrogen (secondary N) is 1. The number of carbonyl (C=O) groups is 1. The molecule has 0 fully saturated rings. The summed E-state index contributed by atoms with van der Waals surface area (Å²) in [6, 6.07) is 0.0946. The van der Waals surface area contributed by atoms with E-state index in [2.05, 4.69) is 15.4 Å². The summed E-state index contributed by atoms with van der Waals surface area (Å²) in [4.78, 5) is 15.1. The Balaban J connectivity index is 1.99. The lowest BCUT2D eigenvalue weighted by Crippen LogP contribution is -2.23. The average Bonchev–Trinajstić information content (AvgIpc) is 3.04. The summed E-state index contributed by atoms with van der Waals surface area (Å²) in [5, 5.41) is 16.4. The largest absolute Gasteiger partial charge is 0.476 e. The van der Waals surface area contributed by atoms with Gasteiger partial charge < -0.3 is 15.0 Å². The van der Waals surface area contributed by atoms with Crippen LogP contribution in [-0.4, -0.2) is 37.0 Å². The molecule has 1 unspecified atom stereocenters. The molecule has 7 nitrogen and oxygen atoms in total. The van der Waals surface area contributed by atoms with E-state index in [0.29, 0.717) is 5.95 Å². The van der Waals surface area contributed by atoms with Gasteiger partial charge in [-0.25, -0.2) is 9.78 Å². The molecule has 3 rings (SSSR count). The first kappa shape index (κ1) is 11.8. The molecule has 0 radical (unpaired) electrons. The summed E-state index contributed by atoms with van der Waals surface area (Å²) in [5.74, 6) is -0.399. The zero-order chi connectivity index (χ0) is 13.4. The van der Waals surface area contributed by atoms with Crippen LogP contribution >= 0.6 is 0 Å². The summed E-state index contributed by atoms with van der Waals surface area (Å²) in [6.45, 7) is 3.63. The van der Waals surface area contributed by atoms with E-state index in [1.807, 2.05) is 28.6 Å². The van der Waals surface area contributed by atoms with Crippen LogP contribution < -0.4 is 5.32 Å². The van der Waals surface area contributed by atoms with Gasteiger partial charge in [-0.2, -0.15) is 5.10 Å². The molecule has 1 atom stereocenters. The molecule has 2 N–H and O–H groups in total. The number of hydrogen-bond acceptors (Lipinski definition) is 4. The molecule has 0 aromatic carbocycles. The molecule has 3 heterocycles. The number of anilines is 1. The van der Waals surface area contributed by atoms with Crippen molar-refractivity contribution in [2.45, 2.75) is 25.9 Å². The zero-order valence-corrected chi connectivity index (χ0v) is 10.6. The highest BCUT2D eigenvalue weighted by Crippen LogP contribution is 2.29. The number of carboxylic acids is 1. The van der Waals surface area contributed by atoms with Crippen LogP contribution in [0.3, 0.4) is 0 Å². The molecule has 0 bridgehead atoms. The minimum absolute atomic E-state index is 0.0669. The molecule has 1 aliphatic heterocycles. The van der Waals surface area contributed by atoms with E-state index in [-0.39, 0.29) is 11.7 Å². The Bertz CT molecular complexity index is 615. The van der Waals surface area contributed by atoms with Gasteiger partial charge in [0.05, 0.1) is 12.2 Å². The van der Waals surface area contributed by atoms with Gasteiger partial charge in [0, 0.05) is 31.0 Å². The fourth-order valence-corrected chi connectivity index (χ4v) is 2.38. The number of rotatable bonds is 3. The van der Waals surface area contributed by atoms with Gasteiger partial charge in [-0.3, -0.25) is 4.68 Å². The number of aromatic nitrogens is 4. The summed E-state index contributed by atoms with van der Waals surface area (Å²) in [7, 11) is 0. The Hall–Kier alpha value is -2.31. The maximum absolute atomic E-state index is 11.0. The molecule has 0 amide bonds. The van der Waals surface area contributed by atoms with E-state index >= 15 is 0 Å². The van der Waals surface area contributed by atoms with Crippen LogP contribution in [0.2, 0.25) is 0 Å². The Morgan fingerprint density at radius 2 is 2.42 bits per heavy atom. The van der Waals surface area contributed by atoms with Crippen molar-refractivity contribution in [2.24, 2.45) is 0 Å². The van der Waals surface area contributed by atoms with E-state index in [0.717, 1.165) is 25.1 Å². The fraction of sp³-hybridized carbons (Fsp3) is 0.417. The summed E-state index contributed by atoms with van der Waals surface area (Å²) in [6.07, 6.45) is 6.31. The van der Waals surface area contributed by atoms with Crippen molar-refractivity contribution in [3.05, 3.63) is 29.8 Å². The van der Waals surface area contributed by atoms with E-state index in [1.54, 1.807) is 6.20 Å².